The number of carboxylic acids is 1. The summed E-state index contributed by atoms with van der Waals surface area (Å²) >= 11 is 0. The van der Waals surface area contributed by atoms with Crippen molar-refractivity contribution in [2.24, 2.45) is 5.92 Å². The highest BCUT2D eigenvalue weighted by atomic mass is 16.7. The summed E-state index contributed by atoms with van der Waals surface area (Å²) in [7, 11) is 0. The summed E-state index contributed by atoms with van der Waals surface area (Å²) in [5, 5.41) is 14.2. The molecule has 0 spiro atoms. The Kier molecular flexibility index (Phi) is 4.52. The predicted octanol–water partition coefficient (Wildman–Crippen LogP) is 2.04. The first-order chi connectivity index (χ1) is 10.0. The maximum atomic E-state index is 11.9. The zero-order valence-corrected chi connectivity index (χ0v) is 11.9. The van der Waals surface area contributed by atoms with Crippen molar-refractivity contribution in [1.82, 2.24) is 5.32 Å². The van der Waals surface area contributed by atoms with Gasteiger partial charge in [0.15, 0.2) is 11.5 Å². The number of amides is 2. The third kappa shape index (κ3) is 3.56. The quantitative estimate of drug-likeness (QED) is 0.772. The Bertz CT molecular complexity index is 546. The van der Waals surface area contributed by atoms with E-state index in [0.29, 0.717) is 23.6 Å². The largest absolute Gasteiger partial charge is 0.480 e. The van der Waals surface area contributed by atoms with Gasteiger partial charge in [-0.15, -0.1) is 0 Å². The van der Waals surface area contributed by atoms with Gasteiger partial charge in [-0.25, -0.2) is 9.59 Å². The topological polar surface area (TPSA) is 96.9 Å². The summed E-state index contributed by atoms with van der Waals surface area (Å²) in [6.45, 7) is 3.80. The van der Waals surface area contributed by atoms with Gasteiger partial charge in [0.05, 0.1) is 0 Å². The van der Waals surface area contributed by atoms with Crippen LogP contribution >= 0.6 is 0 Å². The maximum Gasteiger partial charge on any atom is 0.326 e. The lowest BCUT2D eigenvalue weighted by atomic mass is 9.99. The molecule has 2 unspecified atom stereocenters. The molecule has 2 rings (SSSR count). The fraction of sp³-hybridized carbons (Fsp3) is 0.429. The Labute approximate surface area is 122 Å². The van der Waals surface area contributed by atoms with Gasteiger partial charge in [-0.05, 0) is 18.1 Å². The van der Waals surface area contributed by atoms with Crippen molar-refractivity contribution in [2.45, 2.75) is 26.3 Å². The second-order valence-corrected chi connectivity index (χ2v) is 4.87. The third-order valence-electron chi connectivity index (χ3n) is 3.40. The molecule has 1 aromatic carbocycles. The molecule has 2 atom stereocenters. The predicted molar refractivity (Wildman–Crippen MR) is 75.6 cm³/mol. The van der Waals surface area contributed by atoms with Crippen molar-refractivity contribution in [3.8, 4) is 11.5 Å². The second-order valence-electron chi connectivity index (χ2n) is 4.87. The number of rotatable bonds is 5. The fourth-order valence-corrected chi connectivity index (χ4v) is 1.97. The van der Waals surface area contributed by atoms with Gasteiger partial charge in [0, 0.05) is 11.8 Å². The average molecular weight is 294 g/mol. The first-order valence-electron chi connectivity index (χ1n) is 6.71. The molecule has 1 aliphatic heterocycles. The van der Waals surface area contributed by atoms with E-state index < -0.39 is 18.0 Å². The van der Waals surface area contributed by atoms with Crippen LogP contribution in [0.1, 0.15) is 20.3 Å². The lowest BCUT2D eigenvalue weighted by molar-refractivity contribution is -0.140. The number of anilines is 1. The highest BCUT2D eigenvalue weighted by Crippen LogP contribution is 2.34. The number of carbonyl (C=O) groups excluding carboxylic acids is 1. The van der Waals surface area contributed by atoms with E-state index in [-0.39, 0.29) is 12.7 Å². The van der Waals surface area contributed by atoms with E-state index in [1.165, 1.54) is 0 Å². The maximum absolute atomic E-state index is 11.9. The molecule has 0 saturated heterocycles. The van der Waals surface area contributed by atoms with Crippen molar-refractivity contribution >= 4 is 17.7 Å². The Morgan fingerprint density at radius 2 is 2.05 bits per heavy atom. The number of ether oxygens (including phenoxy) is 2. The summed E-state index contributed by atoms with van der Waals surface area (Å²) < 4.78 is 10.4. The summed E-state index contributed by atoms with van der Waals surface area (Å²) in [6, 6.07) is 3.47. The number of nitrogens with one attached hydrogen (secondary N) is 2. The zero-order chi connectivity index (χ0) is 15.4. The van der Waals surface area contributed by atoms with Gasteiger partial charge in [-0.2, -0.15) is 0 Å². The van der Waals surface area contributed by atoms with E-state index in [1.54, 1.807) is 25.1 Å². The molecule has 1 heterocycles. The van der Waals surface area contributed by atoms with Crippen molar-refractivity contribution in [1.29, 1.82) is 0 Å². The van der Waals surface area contributed by atoms with Crippen LogP contribution in [0.15, 0.2) is 18.2 Å². The molecule has 21 heavy (non-hydrogen) atoms. The van der Waals surface area contributed by atoms with Crippen molar-refractivity contribution in [2.75, 3.05) is 12.1 Å². The number of urea groups is 1. The van der Waals surface area contributed by atoms with Crippen molar-refractivity contribution < 1.29 is 24.2 Å². The monoisotopic (exact) mass is 294 g/mol. The van der Waals surface area contributed by atoms with Gasteiger partial charge in [-0.1, -0.05) is 20.3 Å². The lowest BCUT2D eigenvalue weighted by Gasteiger charge is -2.20. The van der Waals surface area contributed by atoms with Crippen LogP contribution < -0.4 is 20.1 Å². The molecule has 1 aromatic rings. The fourth-order valence-electron chi connectivity index (χ4n) is 1.97. The molecular weight excluding hydrogens is 276 g/mol. The lowest BCUT2D eigenvalue weighted by Crippen LogP contribution is -2.46. The number of fused-ring (bicyclic) bond motifs is 1. The molecule has 0 aromatic heterocycles. The van der Waals surface area contributed by atoms with Crippen LogP contribution in [-0.2, 0) is 4.79 Å². The van der Waals surface area contributed by atoms with Gasteiger partial charge in [0.1, 0.15) is 6.04 Å². The van der Waals surface area contributed by atoms with E-state index in [9.17, 15) is 9.59 Å². The van der Waals surface area contributed by atoms with E-state index in [4.69, 9.17) is 14.6 Å². The smallest absolute Gasteiger partial charge is 0.326 e. The first-order valence-corrected chi connectivity index (χ1v) is 6.71. The van der Waals surface area contributed by atoms with Crippen molar-refractivity contribution in [3.63, 3.8) is 0 Å². The van der Waals surface area contributed by atoms with Crippen LogP contribution in [0.5, 0.6) is 11.5 Å². The summed E-state index contributed by atoms with van der Waals surface area (Å²) in [6.07, 6.45) is 0.654. The standard InChI is InChI=1S/C14H18N2O5/c1-3-8(2)12(13(17)18)16-14(19)15-9-4-5-10-11(6-9)21-7-20-10/h4-6,8,12H,3,7H2,1-2H3,(H,17,18)(H2,15,16,19). The molecule has 7 heteroatoms. The van der Waals surface area contributed by atoms with Crippen LogP contribution in [0.25, 0.3) is 0 Å². The van der Waals surface area contributed by atoms with Crippen LogP contribution in [-0.4, -0.2) is 29.9 Å². The first kappa shape index (κ1) is 15.0. The number of benzene rings is 1. The zero-order valence-electron chi connectivity index (χ0n) is 11.9. The molecular formula is C14H18N2O5. The molecule has 2 amide bonds. The van der Waals surface area contributed by atoms with Crippen LogP contribution in [0.4, 0.5) is 10.5 Å². The van der Waals surface area contributed by atoms with E-state index in [1.807, 2.05) is 6.92 Å². The molecule has 0 radical (unpaired) electrons. The number of carbonyl (C=O) groups is 2. The molecule has 0 bridgehead atoms. The third-order valence-corrected chi connectivity index (χ3v) is 3.40. The van der Waals surface area contributed by atoms with E-state index in [0.717, 1.165) is 0 Å². The Hall–Kier alpha value is -2.44. The van der Waals surface area contributed by atoms with Crippen LogP contribution in [0.2, 0.25) is 0 Å². The van der Waals surface area contributed by atoms with Gasteiger partial charge in [-0.3, -0.25) is 0 Å². The molecule has 0 aliphatic carbocycles. The minimum absolute atomic E-state index is 0.153. The minimum Gasteiger partial charge on any atom is -0.480 e. The molecule has 1 aliphatic rings. The van der Waals surface area contributed by atoms with Crippen LogP contribution in [0, 0.1) is 5.92 Å². The normalized spacial score (nSPS) is 15.1. The highest BCUT2D eigenvalue weighted by molar-refractivity contribution is 5.92. The summed E-state index contributed by atoms with van der Waals surface area (Å²) in [5.41, 5.74) is 0.505. The highest BCUT2D eigenvalue weighted by Gasteiger charge is 2.25. The number of carboxylic acid groups (broad SMARTS) is 1. The van der Waals surface area contributed by atoms with Crippen molar-refractivity contribution in [3.05, 3.63) is 18.2 Å². The molecule has 3 N–H and O–H groups in total. The number of hydrogen-bond acceptors (Lipinski definition) is 4. The van der Waals surface area contributed by atoms with E-state index >= 15 is 0 Å². The minimum atomic E-state index is -1.05. The Morgan fingerprint density at radius 3 is 2.71 bits per heavy atom. The number of hydrogen-bond donors (Lipinski definition) is 3. The molecule has 0 saturated carbocycles. The SMILES string of the molecule is CCC(C)C(NC(=O)Nc1ccc2c(c1)OCO2)C(=O)O. The average Bonchev–Trinajstić information content (AvgIpc) is 2.91. The molecule has 0 fully saturated rings. The Morgan fingerprint density at radius 1 is 1.33 bits per heavy atom. The summed E-state index contributed by atoms with van der Waals surface area (Å²) in [5.74, 6) is -0.0522. The number of aliphatic carboxylic acids is 1. The molecule has 114 valence electrons. The molecule has 7 nitrogen and oxygen atoms in total. The van der Waals surface area contributed by atoms with Gasteiger partial charge >= 0.3 is 12.0 Å². The van der Waals surface area contributed by atoms with Gasteiger partial charge in [0.25, 0.3) is 0 Å². The van der Waals surface area contributed by atoms with E-state index in [2.05, 4.69) is 10.6 Å². The Balaban J connectivity index is 1.99. The summed E-state index contributed by atoms with van der Waals surface area (Å²) in [4.78, 5) is 23.1. The van der Waals surface area contributed by atoms with Gasteiger partial charge in [0.2, 0.25) is 6.79 Å². The van der Waals surface area contributed by atoms with Crippen LogP contribution in [0.3, 0.4) is 0 Å². The second kappa shape index (κ2) is 6.34. The van der Waals surface area contributed by atoms with Gasteiger partial charge < -0.3 is 25.2 Å².